The molecule has 0 aliphatic carbocycles. The smallest absolute Gasteiger partial charge is 0.227 e. The average Bonchev–Trinajstić information content (AvgIpc) is 3.23. The summed E-state index contributed by atoms with van der Waals surface area (Å²) in [5.74, 6) is 0. The summed E-state index contributed by atoms with van der Waals surface area (Å²) in [5, 5.41) is 2.09. The van der Waals surface area contributed by atoms with Gasteiger partial charge in [0.05, 0.1) is 5.69 Å². The number of aryl methyl sites for hydroxylation is 3. The zero-order valence-corrected chi connectivity index (χ0v) is 20.2. The minimum absolute atomic E-state index is 0.669. The van der Waals surface area contributed by atoms with Crippen LogP contribution in [0.1, 0.15) is 27.9 Å². The van der Waals surface area contributed by atoms with Crippen molar-refractivity contribution in [2.75, 3.05) is 0 Å². The number of benzene rings is 3. The Balaban J connectivity index is 1.46. The van der Waals surface area contributed by atoms with Crippen molar-refractivity contribution in [3.05, 3.63) is 119 Å². The predicted molar refractivity (Wildman–Crippen MR) is 144 cm³/mol. The van der Waals surface area contributed by atoms with Gasteiger partial charge in [-0.15, -0.1) is 0 Å². The lowest BCUT2D eigenvalue weighted by molar-refractivity contribution is 0.652. The Kier molecular flexibility index (Phi) is 5.18. The molecule has 3 aromatic heterocycles. The molecule has 0 saturated carbocycles. The second kappa shape index (κ2) is 8.52. The topological polar surface area (TPSA) is 38.9 Å². The number of furan rings is 1. The van der Waals surface area contributed by atoms with E-state index in [0.29, 0.717) is 5.71 Å². The number of hydrogen-bond acceptors (Lipinski definition) is 3. The van der Waals surface area contributed by atoms with E-state index in [1.807, 2.05) is 12.3 Å². The van der Waals surface area contributed by atoms with Gasteiger partial charge in [0, 0.05) is 34.6 Å². The molecule has 170 valence electrons. The zero-order valence-electron chi connectivity index (χ0n) is 20.2. The van der Waals surface area contributed by atoms with Gasteiger partial charge in [-0.2, -0.15) is 0 Å². The second-order valence-electron chi connectivity index (χ2n) is 9.30. The summed E-state index contributed by atoms with van der Waals surface area (Å²) in [6.07, 6.45) is 2.74. The van der Waals surface area contributed by atoms with Crippen molar-refractivity contribution in [1.29, 1.82) is 0 Å². The van der Waals surface area contributed by atoms with Crippen LogP contribution in [-0.4, -0.2) is 9.97 Å². The van der Waals surface area contributed by atoms with Gasteiger partial charge in [0.2, 0.25) is 5.71 Å². The van der Waals surface area contributed by atoms with Gasteiger partial charge in [-0.1, -0.05) is 66.2 Å². The largest absolute Gasteiger partial charge is 0.437 e. The highest BCUT2D eigenvalue weighted by atomic mass is 16.3. The lowest BCUT2D eigenvalue weighted by Gasteiger charge is -2.12. The second-order valence-corrected chi connectivity index (χ2v) is 9.30. The lowest BCUT2D eigenvalue weighted by Crippen LogP contribution is -1.92. The number of nitrogens with zero attached hydrogens (tertiary/aromatic N) is 2. The summed E-state index contributed by atoms with van der Waals surface area (Å²) in [4.78, 5) is 9.65. The van der Waals surface area contributed by atoms with Gasteiger partial charge in [-0.25, -0.2) is 4.98 Å². The van der Waals surface area contributed by atoms with Gasteiger partial charge >= 0.3 is 0 Å². The molecule has 0 bridgehead atoms. The van der Waals surface area contributed by atoms with Crippen LogP contribution in [0.4, 0.5) is 0 Å². The third kappa shape index (κ3) is 3.89. The zero-order chi connectivity index (χ0) is 23.9. The van der Waals surface area contributed by atoms with Crippen LogP contribution in [0.25, 0.3) is 44.5 Å². The normalized spacial score (nSPS) is 11.4. The quantitative estimate of drug-likeness (QED) is 0.269. The molecule has 0 amide bonds. The molecule has 0 aliphatic heterocycles. The van der Waals surface area contributed by atoms with Crippen LogP contribution in [0, 0.1) is 20.8 Å². The van der Waals surface area contributed by atoms with E-state index in [4.69, 9.17) is 14.4 Å². The molecule has 0 spiro atoms. The predicted octanol–water partition coefficient (Wildman–Crippen LogP) is 8.23. The number of rotatable bonds is 4. The van der Waals surface area contributed by atoms with Crippen LogP contribution in [0.3, 0.4) is 0 Å². The molecule has 0 atom stereocenters. The Bertz CT molecular complexity index is 1700. The van der Waals surface area contributed by atoms with Crippen molar-refractivity contribution >= 4 is 22.1 Å². The van der Waals surface area contributed by atoms with Crippen molar-refractivity contribution in [1.82, 2.24) is 9.97 Å². The van der Waals surface area contributed by atoms with Crippen molar-refractivity contribution in [2.24, 2.45) is 0 Å². The summed E-state index contributed by atoms with van der Waals surface area (Å²) in [6.45, 7) is 6.41. The SMILES string of the molecule is Cc1ccc(-c2cc(-c3cccc4c3oc3nc(Cc5ccccc5)ccc34)ncc2C)c(C)c1. The van der Waals surface area contributed by atoms with Crippen LogP contribution in [0.15, 0.2) is 95.5 Å². The maximum absolute atomic E-state index is 6.38. The van der Waals surface area contributed by atoms with Crippen molar-refractivity contribution in [3.8, 4) is 22.4 Å². The van der Waals surface area contributed by atoms with E-state index in [1.165, 1.54) is 27.8 Å². The maximum atomic E-state index is 6.38. The number of aromatic nitrogens is 2. The molecule has 0 radical (unpaired) electrons. The summed E-state index contributed by atoms with van der Waals surface area (Å²) in [7, 11) is 0. The summed E-state index contributed by atoms with van der Waals surface area (Å²) in [5.41, 5.74) is 11.7. The molecule has 0 aliphatic rings. The summed E-state index contributed by atoms with van der Waals surface area (Å²) >= 11 is 0. The van der Waals surface area contributed by atoms with Crippen LogP contribution >= 0.6 is 0 Å². The Labute approximate surface area is 205 Å². The van der Waals surface area contributed by atoms with Gasteiger partial charge < -0.3 is 4.42 Å². The Hall–Kier alpha value is -4.24. The van der Waals surface area contributed by atoms with Crippen LogP contribution in [-0.2, 0) is 6.42 Å². The van der Waals surface area contributed by atoms with E-state index in [-0.39, 0.29) is 0 Å². The van der Waals surface area contributed by atoms with Gasteiger partial charge in [-0.3, -0.25) is 4.98 Å². The van der Waals surface area contributed by atoms with E-state index >= 15 is 0 Å². The molecule has 0 fully saturated rings. The highest BCUT2D eigenvalue weighted by molar-refractivity contribution is 6.08. The van der Waals surface area contributed by atoms with E-state index in [1.54, 1.807) is 0 Å². The average molecular weight is 455 g/mol. The van der Waals surface area contributed by atoms with Gasteiger partial charge in [0.25, 0.3) is 0 Å². The molecule has 6 rings (SSSR count). The van der Waals surface area contributed by atoms with Crippen LogP contribution in [0.5, 0.6) is 0 Å². The molecule has 0 unspecified atom stereocenters. The number of para-hydroxylation sites is 1. The Morgan fingerprint density at radius 2 is 1.54 bits per heavy atom. The van der Waals surface area contributed by atoms with Crippen molar-refractivity contribution in [3.63, 3.8) is 0 Å². The standard InChI is InChI=1S/C32H26N2O/c1-20-12-14-25(21(2)16-20)29-18-30(33-19-22(29)3)28-11-7-10-26-27-15-13-24(34-32(27)35-31(26)28)17-23-8-5-4-6-9-23/h4-16,18-19H,17H2,1-3H3. The van der Waals surface area contributed by atoms with E-state index < -0.39 is 0 Å². The molecule has 0 N–H and O–H groups in total. The van der Waals surface area contributed by atoms with Gasteiger partial charge in [0.15, 0.2) is 0 Å². The Morgan fingerprint density at radius 1 is 0.686 bits per heavy atom. The first kappa shape index (κ1) is 21.3. The van der Waals surface area contributed by atoms with E-state index in [9.17, 15) is 0 Å². The fourth-order valence-electron chi connectivity index (χ4n) is 4.90. The molecular formula is C32H26N2O. The van der Waals surface area contributed by atoms with Crippen LogP contribution in [0.2, 0.25) is 0 Å². The fraction of sp³-hybridized carbons (Fsp3) is 0.125. The van der Waals surface area contributed by atoms with Crippen LogP contribution < -0.4 is 0 Å². The molecule has 3 heterocycles. The maximum Gasteiger partial charge on any atom is 0.227 e. The minimum Gasteiger partial charge on any atom is -0.437 e. The summed E-state index contributed by atoms with van der Waals surface area (Å²) < 4.78 is 6.38. The molecule has 6 aromatic rings. The fourth-order valence-corrected chi connectivity index (χ4v) is 4.90. The number of pyridine rings is 2. The number of fused-ring (bicyclic) bond motifs is 3. The van der Waals surface area contributed by atoms with Gasteiger partial charge in [0.1, 0.15) is 5.58 Å². The molecule has 3 aromatic carbocycles. The highest BCUT2D eigenvalue weighted by Gasteiger charge is 2.16. The van der Waals surface area contributed by atoms with E-state index in [2.05, 4.69) is 99.6 Å². The van der Waals surface area contributed by atoms with E-state index in [0.717, 1.165) is 45.3 Å². The lowest BCUT2D eigenvalue weighted by atomic mass is 9.94. The molecule has 3 heteroatoms. The summed E-state index contributed by atoms with van der Waals surface area (Å²) in [6, 6.07) is 29.7. The molecule has 3 nitrogen and oxygen atoms in total. The molecular weight excluding hydrogens is 428 g/mol. The van der Waals surface area contributed by atoms with Crippen molar-refractivity contribution in [2.45, 2.75) is 27.2 Å². The number of hydrogen-bond donors (Lipinski definition) is 0. The first-order valence-electron chi connectivity index (χ1n) is 12.0. The van der Waals surface area contributed by atoms with Gasteiger partial charge in [-0.05, 0) is 72.9 Å². The van der Waals surface area contributed by atoms with Crippen molar-refractivity contribution < 1.29 is 4.42 Å². The molecule has 35 heavy (non-hydrogen) atoms. The first-order valence-corrected chi connectivity index (χ1v) is 12.0. The third-order valence-corrected chi connectivity index (χ3v) is 6.70. The molecule has 0 saturated heterocycles. The first-order chi connectivity index (χ1) is 17.1. The Morgan fingerprint density at radius 3 is 2.37 bits per heavy atom. The minimum atomic E-state index is 0.669. The monoisotopic (exact) mass is 454 g/mol. The third-order valence-electron chi connectivity index (χ3n) is 6.70. The highest BCUT2D eigenvalue weighted by Crippen LogP contribution is 2.37.